The van der Waals surface area contributed by atoms with Gasteiger partial charge in [-0.2, -0.15) is 0 Å². The van der Waals surface area contributed by atoms with Crippen LogP contribution in [0.2, 0.25) is 0 Å². The maximum absolute atomic E-state index is 11.2. The van der Waals surface area contributed by atoms with Crippen molar-refractivity contribution < 1.29 is 4.79 Å². The van der Waals surface area contributed by atoms with E-state index in [1.54, 1.807) is 0 Å². The topological polar surface area (TPSA) is 55.1 Å². The molecule has 0 saturated heterocycles. The molecular formula is C9H18N2O. The van der Waals surface area contributed by atoms with Crippen LogP contribution in [0.15, 0.2) is 0 Å². The van der Waals surface area contributed by atoms with Crippen LogP contribution in [0.25, 0.3) is 0 Å². The predicted octanol–water partition coefficient (Wildman–Crippen LogP) is 0.642. The predicted molar refractivity (Wildman–Crippen MR) is 48.6 cm³/mol. The quantitative estimate of drug-likeness (QED) is 0.650. The van der Waals surface area contributed by atoms with E-state index in [0.29, 0.717) is 0 Å². The average Bonchev–Trinajstić information content (AvgIpc) is 2.50. The van der Waals surface area contributed by atoms with Gasteiger partial charge in [0.2, 0.25) is 5.91 Å². The minimum Gasteiger partial charge on any atom is -0.369 e. The highest BCUT2D eigenvalue weighted by atomic mass is 16.1. The van der Waals surface area contributed by atoms with Gasteiger partial charge in [0, 0.05) is 0 Å². The molecule has 0 atom stereocenters. The number of primary amides is 1. The minimum atomic E-state index is -0.178. The molecule has 12 heavy (non-hydrogen) atoms. The molecule has 3 nitrogen and oxygen atoms in total. The molecule has 1 amide bonds. The molecule has 0 aromatic rings. The molecule has 1 saturated carbocycles. The second-order valence-electron chi connectivity index (χ2n) is 3.71. The number of nitrogens with one attached hydrogen (secondary N) is 1. The van der Waals surface area contributed by atoms with E-state index in [1.807, 2.05) is 7.05 Å². The van der Waals surface area contributed by atoms with E-state index in [-0.39, 0.29) is 11.3 Å². The van der Waals surface area contributed by atoms with Gasteiger partial charge >= 0.3 is 0 Å². The molecule has 1 fully saturated rings. The minimum absolute atomic E-state index is 0.102. The average molecular weight is 170 g/mol. The first kappa shape index (κ1) is 9.52. The third kappa shape index (κ3) is 1.78. The first-order valence-electron chi connectivity index (χ1n) is 4.66. The van der Waals surface area contributed by atoms with Crippen molar-refractivity contribution in [3.63, 3.8) is 0 Å². The Morgan fingerprint density at radius 1 is 1.50 bits per heavy atom. The molecular weight excluding hydrogens is 152 g/mol. The number of hydrogen-bond acceptors (Lipinski definition) is 2. The first-order chi connectivity index (χ1) is 5.71. The fourth-order valence-electron chi connectivity index (χ4n) is 2.04. The van der Waals surface area contributed by atoms with E-state index < -0.39 is 0 Å². The van der Waals surface area contributed by atoms with Gasteiger partial charge in [0.15, 0.2) is 0 Å². The number of amides is 1. The molecule has 0 spiro atoms. The molecule has 0 unspecified atom stereocenters. The second kappa shape index (κ2) is 3.90. The third-order valence-electron chi connectivity index (χ3n) is 2.94. The number of nitrogens with two attached hydrogens (primary N) is 1. The molecule has 1 aliphatic carbocycles. The lowest BCUT2D eigenvalue weighted by molar-refractivity contribution is -0.127. The third-order valence-corrected chi connectivity index (χ3v) is 2.94. The molecule has 0 heterocycles. The van der Waals surface area contributed by atoms with Gasteiger partial charge in [-0.25, -0.2) is 0 Å². The summed E-state index contributed by atoms with van der Waals surface area (Å²) in [5.41, 5.74) is 5.23. The number of carbonyl (C=O) groups excluding carboxylic acids is 1. The van der Waals surface area contributed by atoms with Crippen molar-refractivity contribution in [2.24, 2.45) is 11.1 Å². The van der Waals surface area contributed by atoms with Crippen molar-refractivity contribution in [3.8, 4) is 0 Å². The smallest absolute Gasteiger partial charge is 0.223 e. The van der Waals surface area contributed by atoms with Crippen molar-refractivity contribution in [2.45, 2.75) is 32.1 Å². The summed E-state index contributed by atoms with van der Waals surface area (Å²) >= 11 is 0. The lowest BCUT2D eigenvalue weighted by Crippen LogP contribution is -2.36. The Balaban J connectivity index is 2.53. The van der Waals surface area contributed by atoms with E-state index in [0.717, 1.165) is 38.6 Å². The zero-order valence-corrected chi connectivity index (χ0v) is 7.73. The second-order valence-corrected chi connectivity index (χ2v) is 3.71. The summed E-state index contributed by atoms with van der Waals surface area (Å²) in [5.74, 6) is -0.102. The van der Waals surface area contributed by atoms with Gasteiger partial charge in [0.1, 0.15) is 0 Å². The highest BCUT2D eigenvalue weighted by Crippen LogP contribution is 2.40. The summed E-state index contributed by atoms with van der Waals surface area (Å²) in [5, 5.41) is 3.07. The van der Waals surface area contributed by atoms with Crippen molar-refractivity contribution in [3.05, 3.63) is 0 Å². The molecule has 0 radical (unpaired) electrons. The van der Waals surface area contributed by atoms with Crippen LogP contribution in [-0.2, 0) is 4.79 Å². The van der Waals surface area contributed by atoms with Crippen LogP contribution >= 0.6 is 0 Å². The Labute approximate surface area is 73.7 Å². The molecule has 3 heteroatoms. The van der Waals surface area contributed by atoms with Gasteiger partial charge in [-0.15, -0.1) is 0 Å². The van der Waals surface area contributed by atoms with E-state index in [2.05, 4.69) is 5.32 Å². The fraction of sp³-hybridized carbons (Fsp3) is 0.889. The summed E-state index contributed by atoms with van der Waals surface area (Å²) in [4.78, 5) is 11.2. The van der Waals surface area contributed by atoms with Crippen molar-refractivity contribution >= 4 is 5.91 Å². The lowest BCUT2D eigenvalue weighted by atomic mass is 9.82. The maximum Gasteiger partial charge on any atom is 0.223 e. The number of carbonyl (C=O) groups is 1. The Morgan fingerprint density at radius 2 is 2.08 bits per heavy atom. The maximum atomic E-state index is 11.2. The van der Waals surface area contributed by atoms with E-state index in [9.17, 15) is 4.79 Å². The summed E-state index contributed by atoms with van der Waals surface area (Å²) in [6.45, 7) is 0.892. The Morgan fingerprint density at radius 3 is 2.50 bits per heavy atom. The van der Waals surface area contributed by atoms with Gasteiger partial charge in [-0.3, -0.25) is 4.79 Å². The monoisotopic (exact) mass is 170 g/mol. The van der Waals surface area contributed by atoms with Crippen LogP contribution in [0.1, 0.15) is 32.1 Å². The van der Waals surface area contributed by atoms with Crippen LogP contribution in [-0.4, -0.2) is 19.5 Å². The van der Waals surface area contributed by atoms with Gasteiger partial charge < -0.3 is 11.1 Å². The molecule has 1 aliphatic rings. The van der Waals surface area contributed by atoms with Crippen molar-refractivity contribution in [1.29, 1.82) is 0 Å². The highest BCUT2D eigenvalue weighted by molar-refractivity contribution is 5.81. The van der Waals surface area contributed by atoms with E-state index >= 15 is 0 Å². The molecule has 0 bridgehead atoms. The Kier molecular flexibility index (Phi) is 3.09. The Hall–Kier alpha value is -0.570. The number of hydrogen-bond donors (Lipinski definition) is 2. The molecule has 0 aliphatic heterocycles. The van der Waals surface area contributed by atoms with E-state index in [4.69, 9.17) is 5.73 Å². The fourth-order valence-corrected chi connectivity index (χ4v) is 2.04. The summed E-state index contributed by atoms with van der Waals surface area (Å²) < 4.78 is 0. The van der Waals surface area contributed by atoms with Crippen LogP contribution in [0, 0.1) is 5.41 Å². The number of rotatable bonds is 4. The van der Waals surface area contributed by atoms with Gasteiger partial charge in [0.05, 0.1) is 5.41 Å². The van der Waals surface area contributed by atoms with Crippen LogP contribution in [0.3, 0.4) is 0 Å². The molecule has 0 aromatic heterocycles. The summed E-state index contributed by atoms with van der Waals surface area (Å²) in [7, 11) is 1.91. The standard InChI is InChI=1S/C9H18N2O/c1-11-7-6-9(8(10)12)4-2-3-5-9/h11H,2-7H2,1H3,(H2,10,12). The molecule has 1 rings (SSSR count). The molecule has 70 valence electrons. The van der Waals surface area contributed by atoms with Crippen molar-refractivity contribution in [2.75, 3.05) is 13.6 Å². The van der Waals surface area contributed by atoms with Gasteiger partial charge in [0.25, 0.3) is 0 Å². The molecule has 3 N–H and O–H groups in total. The normalized spacial score (nSPS) is 21.1. The molecule has 0 aromatic carbocycles. The van der Waals surface area contributed by atoms with Gasteiger partial charge in [-0.1, -0.05) is 12.8 Å². The van der Waals surface area contributed by atoms with Gasteiger partial charge in [-0.05, 0) is 32.9 Å². The highest BCUT2D eigenvalue weighted by Gasteiger charge is 2.38. The Bertz CT molecular complexity index is 162. The zero-order valence-electron chi connectivity index (χ0n) is 7.73. The summed E-state index contributed by atoms with van der Waals surface area (Å²) in [6, 6.07) is 0. The van der Waals surface area contributed by atoms with Crippen molar-refractivity contribution in [1.82, 2.24) is 5.32 Å². The first-order valence-corrected chi connectivity index (χ1v) is 4.66. The van der Waals surface area contributed by atoms with E-state index in [1.165, 1.54) is 0 Å². The largest absolute Gasteiger partial charge is 0.369 e. The van der Waals surface area contributed by atoms with Crippen LogP contribution in [0.4, 0.5) is 0 Å². The van der Waals surface area contributed by atoms with Crippen LogP contribution in [0.5, 0.6) is 0 Å². The lowest BCUT2D eigenvalue weighted by Gasteiger charge is -2.24. The SMILES string of the molecule is CNCCC1(C(N)=O)CCCC1. The summed E-state index contributed by atoms with van der Waals surface area (Å²) in [6.07, 6.45) is 5.20. The van der Waals surface area contributed by atoms with Crippen LogP contribution < -0.4 is 11.1 Å². The zero-order chi connectivity index (χ0) is 9.03.